The summed E-state index contributed by atoms with van der Waals surface area (Å²) in [6.07, 6.45) is 6.36. The molecular formula is C12H15N3S. The first-order valence-electron chi connectivity index (χ1n) is 5.71. The van der Waals surface area contributed by atoms with Crippen LogP contribution in [0.1, 0.15) is 18.9 Å². The van der Waals surface area contributed by atoms with Gasteiger partial charge in [0.15, 0.2) is 0 Å². The van der Waals surface area contributed by atoms with E-state index in [2.05, 4.69) is 32.4 Å². The number of hydrogen-bond acceptors (Lipinski definition) is 3. The van der Waals surface area contributed by atoms with Gasteiger partial charge in [0, 0.05) is 6.04 Å². The molecule has 0 unspecified atom stereocenters. The zero-order valence-electron chi connectivity index (χ0n) is 9.10. The van der Waals surface area contributed by atoms with Crippen molar-refractivity contribution < 1.29 is 0 Å². The summed E-state index contributed by atoms with van der Waals surface area (Å²) in [5.41, 5.74) is 1.27. The average molecular weight is 233 g/mol. The van der Waals surface area contributed by atoms with Crippen molar-refractivity contribution in [1.29, 1.82) is 0 Å². The van der Waals surface area contributed by atoms with Crippen LogP contribution >= 0.6 is 11.3 Å². The maximum absolute atomic E-state index is 4.30. The van der Waals surface area contributed by atoms with Gasteiger partial charge in [-0.1, -0.05) is 6.07 Å². The third-order valence-electron chi connectivity index (χ3n) is 3.14. The lowest BCUT2D eigenvalue weighted by Crippen LogP contribution is -2.29. The topological polar surface area (TPSA) is 29.9 Å². The second-order valence-corrected chi connectivity index (χ2v) is 5.09. The molecular weight excluding hydrogens is 218 g/mol. The molecule has 0 spiro atoms. The molecule has 1 fully saturated rings. The summed E-state index contributed by atoms with van der Waals surface area (Å²) in [5.74, 6) is 0. The Balaban J connectivity index is 1.92. The minimum absolute atomic E-state index is 0.612. The zero-order valence-corrected chi connectivity index (χ0v) is 9.91. The highest BCUT2D eigenvalue weighted by atomic mass is 32.1. The summed E-state index contributed by atoms with van der Waals surface area (Å²) < 4.78 is 2.34. The van der Waals surface area contributed by atoms with Crippen LogP contribution in [0.5, 0.6) is 0 Å². The van der Waals surface area contributed by atoms with Gasteiger partial charge in [-0.25, -0.2) is 4.98 Å². The van der Waals surface area contributed by atoms with Gasteiger partial charge in [0.2, 0.25) is 0 Å². The molecule has 4 heteroatoms. The quantitative estimate of drug-likeness (QED) is 0.864. The van der Waals surface area contributed by atoms with Crippen LogP contribution in [0, 0.1) is 0 Å². The van der Waals surface area contributed by atoms with Gasteiger partial charge >= 0.3 is 0 Å². The van der Waals surface area contributed by atoms with Gasteiger partial charge < -0.3 is 9.88 Å². The molecule has 0 aromatic carbocycles. The standard InChI is InChI=1S/C12H15N3S/c1-2-12(16-7-1)11-8-14-9-15(11)10-3-5-13-6-4-10/h1-2,7-10,13H,3-6H2. The van der Waals surface area contributed by atoms with Crippen LogP contribution in [0.4, 0.5) is 0 Å². The number of piperidine rings is 1. The van der Waals surface area contributed by atoms with Crippen molar-refractivity contribution in [1.82, 2.24) is 14.9 Å². The molecule has 3 heterocycles. The van der Waals surface area contributed by atoms with E-state index >= 15 is 0 Å². The number of aromatic nitrogens is 2. The summed E-state index contributed by atoms with van der Waals surface area (Å²) in [6.45, 7) is 2.24. The fourth-order valence-corrected chi connectivity index (χ4v) is 3.04. The van der Waals surface area contributed by atoms with Gasteiger partial charge in [-0.15, -0.1) is 11.3 Å². The van der Waals surface area contributed by atoms with Crippen molar-refractivity contribution in [2.75, 3.05) is 13.1 Å². The van der Waals surface area contributed by atoms with E-state index in [1.165, 1.54) is 23.4 Å². The maximum atomic E-state index is 4.30. The molecule has 0 atom stereocenters. The number of nitrogens with one attached hydrogen (secondary N) is 1. The molecule has 0 aliphatic carbocycles. The third kappa shape index (κ3) is 1.79. The summed E-state index contributed by atoms with van der Waals surface area (Å²) in [5, 5.41) is 5.52. The Hall–Kier alpha value is -1.13. The van der Waals surface area contributed by atoms with Gasteiger partial charge in [0.25, 0.3) is 0 Å². The van der Waals surface area contributed by atoms with Crippen molar-refractivity contribution in [3.8, 4) is 10.6 Å². The average Bonchev–Trinajstić information content (AvgIpc) is 3.01. The van der Waals surface area contributed by atoms with Gasteiger partial charge in [-0.05, 0) is 37.4 Å². The second kappa shape index (κ2) is 4.39. The van der Waals surface area contributed by atoms with Crippen molar-refractivity contribution in [3.05, 3.63) is 30.0 Å². The van der Waals surface area contributed by atoms with Gasteiger partial charge in [0.1, 0.15) is 0 Å². The molecule has 1 aliphatic heterocycles. The lowest BCUT2D eigenvalue weighted by molar-refractivity contribution is 0.370. The van der Waals surface area contributed by atoms with E-state index in [4.69, 9.17) is 0 Å². The largest absolute Gasteiger partial charge is 0.327 e. The Kier molecular flexibility index (Phi) is 2.76. The Morgan fingerprint density at radius 2 is 2.25 bits per heavy atom. The van der Waals surface area contributed by atoms with Crippen LogP contribution in [0.15, 0.2) is 30.0 Å². The monoisotopic (exact) mass is 233 g/mol. The first kappa shape index (κ1) is 10.1. The predicted octanol–water partition coefficient (Wildman–Crippen LogP) is 2.54. The molecule has 3 rings (SSSR count). The molecule has 2 aromatic rings. The highest BCUT2D eigenvalue weighted by molar-refractivity contribution is 7.13. The molecule has 1 saturated heterocycles. The van der Waals surface area contributed by atoms with E-state index in [-0.39, 0.29) is 0 Å². The molecule has 2 aromatic heterocycles. The Morgan fingerprint density at radius 3 is 3.00 bits per heavy atom. The molecule has 0 bridgehead atoms. The SMILES string of the molecule is c1csc(-c2cncn2C2CCNCC2)c1. The summed E-state index contributed by atoms with van der Waals surface area (Å²) >= 11 is 1.78. The maximum Gasteiger partial charge on any atom is 0.0953 e. The van der Waals surface area contributed by atoms with Crippen LogP contribution in [-0.2, 0) is 0 Å². The molecule has 84 valence electrons. The summed E-state index contributed by atoms with van der Waals surface area (Å²) in [4.78, 5) is 5.62. The van der Waals surface area contributed by atoms with Crippen LogP contribution in [0.25, 0.3) is 10.6 Å². The van der Waals surface area contributed by atoms with E-state index in [0.29, 0.717) is 6.04 Å². The zero-order chi connectivity index (χ0) is 10.8. The molecule has 0 saturated carbocycles. The van der Waals surface area contributed by atoms with E-state index in [1.54, 1.807) is 11.3 Å². The lowest BCUT2D eigenvalue weighted by atomic mass is 10.1. The van der Waals surface area contributed by atoms with Gasteiger partial charge in [0.05, 0.1) is 23.1 Å². The highest BCUT2D eigenvalue weighted by Crippen LogP contribution is 2.29. The fourth-order valence-electron chi connectivity index (χ4n) is 2.30. The molecule has 16 heavy (non-hydrogen) atoms. The van der Waals surface area contributed by atoms with Crippen LogP contribution in [0.3, 0.4) is 0 Å². The van der Waals surface area contributed by atoms with Crippen molar-refractivity contribution >= 4 is 11.3 Å². The van der Waals surface area contributed by atoms with Crippen molar-refractivity contribution in [2.45, 2.75) is 18.9 Å². The number of rotatable bonds is 2. The summed E-state index contributed by atoms with van der Waals surface area (Å²) in [7, 11) is 0. The van der Waals surface area contributed by atoms with E-state index < -0.39 is 0 Å². The number of imidazole rings is 1. The predicted molar refractivity (Wildman–Crippen MR) is 66.7 cm³/mol. The minimum atomic E-state index is 0.612. The normalized spacial score (nSPS) is 17.8. The Labute approximate surface area is 99.1 Å². The van der Waals surface area contributed by atoms with Crippen molar-refractivity contribution in [2.24, 2.45) is 0 Å². The summed E-state index contributed by atoms with van der Waals surface area (Å²) in [6, 6.07) is 4.87. The number of hydrogen-bond donors (Lipinski definition) is 1. The Bertz CT molecular complexity index is 441. The molecule has 0 radical (unpaired) electrons. The van der Waals surface area contributed by atoms with Crippen LogP contribution < -0.4 is 5.32 Å². The smallest absolute Gasteiger partial charge is 0.0953 e. The third-order valence-corrected chi connectivity index (χ3v) is 4.03. The molecule has 3 nitrogen and oxygen atoms in total. The van der Waals surface area contributed by atoms with E-state index in [1.807, 2.05) is 12.5 Å². The molecule has 1 aliphatic rings. The minimum Gasteiger partial charge on any atom is -0.327 e. The van der Waals surface area contributed by atoms with Gasteiger partial charge in [-0.2, -0.15) is 0 Å². The molecule has 1 N–H and O–H groups in total. The van der Waals surface area contributed by atoms with E-state index in [0.717, 1.165) is 13.1 Å². The second-order valence-electron chi connectivity index (χ2n) is 4.14. The van der Waals surface area contributed by atoms with E-state index in [9.17, 15) is 0 Å². The van der Waals surface area contributed by atoms with Crippen LogP contribution in [0.2, 0.25) is 0 Å². The lowest BCUT2D eigenvalue weighted by Gasteiger charge is -2.25. The number of nitrogens with zero attached hydrogens (tertiary/aromatic N) is 2. The Morgan fingerprint density at radius 1 is 1.38 bits per heavy atom. The molecule has 0 amide bonds. The van der Waals surface area contributed by atoms with Crippen LogP contribution in [-0.4, -0.2) is 22.6 Å². The first-order chi connectivity index (χ1) is 7.95. The first-order valence-corrected chi connectivity index (χ1v) is 6.59. The number of thiophene rings is 1. The highest BCUT2D eigenvalue weighted by Gasteiger charge is 2.17. The fraction of sp³-hybridized carbons (Fsp3) is 0.417. The van der Waals surface area contributed by atoms with Gasteiger partial charge in [-0.3, -0.25) is 0 Å². The van der Waals surface area contributed by atoms with Crippen molar-refractivity contribution in [3.63, 3.8) is 0 Å².